The van der Waals surface area contributed by atoms with Gasteiger partial charge in [-0.2, -0.15) is 0 Å². The average Bonchev–Trinajstić information content (AvgIpc) is 2.92. The first-order chi connectivity index (χ1) is 9.72. The molecule has 2 aromatic rings. The molecule has 2 nitrogen and oxygen atoms in total. The molecule has 1 heterocycles. The number of aliphatic imine (C=N–C) groups is 1. The van der Waals surface area contributed by atoms with Crippen molar-refractivity contribution in [2.45, 2.75) is 12.2 Å². The fraction of sp³-hybridized carbons (Fsp3) is 0.188. The van der Waals surface area contributed by atoms with Gasteiger partial charge in [0.25, 0.3) is 0 Å². The fourth-order valence-electron chi connectivity index (χ4n) is 2.13. The van der Waals surface area contributed by atoms with E-state index < -0.39 is 0 Å². The molecular formula is C16H15FN2S. The van der Waals surface area contributed by atoms with Crippen LogP contribution >= 0.6 is 11.8 Å². The number of rotatable bonds is 2. The largest absolute Gasteiger partial charge is 0.335 e. The second-order valence-electron chi connectivity index (χ2n) is 4.75. The Bertz CT molecular complexity index is 640. The molecule has 0 aromatic heterocycles. The van der Waals surface area contributed by atoms with Crippen molar-refractivity contribution >= 4 is 22.6 Å². The molecule has 1 atom stereocenters. The van der Waals surface area contributed by atoms with Crippen LogP contribution in [0.25, 0.3) is 0 Å². The minimum absolute atomic E-state index is 0.235. The second-order valence-corrected chi connectivity index (χ2v) is 5.94. The standard InChI is InChI=1S/C16H15FN2S/c1-11-7-8-13(17)9-14(11)19-16-18-10-15(20-16)12-5-3-2-4-6-12/h2-9,15H,10H2,1H3,(H,18,19). The van der Waals surface area contributed by atoms with E-state index in [2.05, 4.69) is 22.4 Å². The lowest BCUT2D eigenvalue weighted by molar-refractivity contribution is 0.628. The fourth-order valence-corrected chi connectivity index (χ4v) is 3.16. The summed E-state index contributed by atoms with van der Waals surface area (Å²) in [5.41, 5.74) is 3.07. The van der Waals surface area contributed by atoms with E-state index in [4.69, 9.17) is 0 Å². The summed E-state index contributed by atoms with van der Waals surface area (Å²) in [6.07, 6.45) is 0. The number of thioether (sulfide) groups is 1. The van der Waals surface area contributed by atoms with Gasteiger partial charge in [-0.15, -0.1) is 0 Å². The van der Waals surface area contributed by atoms with Crippen LogP contribution in [0.5, 0.6) is 0 Å². The highest BCUT2D eigenvalue weighted by molar-refractivity contribution is 8.14. The van der Waals surface area contributed by atoms with Gasteiger partial charge in [-0.1, -0.05) is 48.2 Å². The zero-order valence-electron chi connectivity index (χ0n) is 11.1. The first-order valence-electron chi connectivity index (χ1n) is 6.51. The van der Waals surface area contributed by atoms with Crippen LogP contribution in [-0.4, -0.2) is 11.7 Å². The van der Waals surface area contributed by atoms with Gasteiger partial charge in [-0.05, 0) is 30.2 Å². The monoisotopic (exact) mass is 286 g/mol. The Balaban J connectivity index is 1.70. The van der Waals surface area contributed by atoms with Crippen molar-refractivity contribution in [3.63, 3.8) is 0 Å². The molecular weight excluding hydrogens is 271 g/mol. The summed E-state index contributed by atoms with van der Waals surface area (Å²) in [7, 11) is 0. The molecule has 3 rings (SSSR count). The van der Waals surface area contributed by atoms with Gasteiger partial charge in [0.05, 0.1) is 11.8 Å². The van der Waals surface area contributed by atoms with Crippen LogP contribution < -0.4 is 5.32 Å². The maximum atomic E-state index is 13.3. The molecule has 0 amide bonds. The first kappa shape index (κ1) is 13.2. The number of anilines is 1. The zero-order chi connectivity index (χ0) is 13.9. The minimum Gasteiger partial charge on any atom is -0.335 e. The Morgan fingerprint density at radius 1 is 1.20 bits per heavy atom. The number of aryl methyl sites for hydroxylation is 1. The summed E-state index contributed by atoms with van der Waals surface area (Å²) in [6, 6.07) is 15.1. The highest BCUT2D eigenvalue weighted by Gasteiger charge is 2.21. The Morgan fingerprint density at radius 2 is 2.00 bits per heavy atom. The summed E-state index contributed by atoms with van der Waals surface area (Å²) in [4.78, 5) is 4.51. The molecule has 20 heavy (non-hydrogen) atoms. The van der Waals surface area contributed by atoms with E-state index in [0.29, 0.717) is 5.25 Å². The van der Waals surface area contributed by atoms with E-state index in [1.165, 1.54) is 17.7 Å². The Labute approximate surface area is 122 Å². The molecule has 0 fully saturated rings. The second kappa shape index (κ2) is 5.67. The van der Waals surface area contributed by atoms with E-state index in [9.17, 15) is 4.39 Å². The third-order valence-corrected chi connectivity index (χ3v) is 4.43. The molecule has 1 aliphatic heterocycles. The summed E-state index contributed by atoms with van der Waals surface area (Å²) in [5, 5.41) is 4.42. The van der Waals surface area contributed by atoms with Crippen molar-refractivity contribution in [2.24, 2.45) is 4.99 Å². The van der Waals surface area contributed by atoms with Gasteiger partial charge in [-0.3, -0.25) is 4.99 Å². The van der Waals surface area contributed by atoms with Gasteiger partial charge in [-0.25, -0.2) is 4.39 Å². The number of hydrogen-bond acceptors (Lipinski definition) is 3. The van der Waals surface area contributed by atoms with E-state index in [1.54, 1.807) is 17.8 Å². The van der Waals surface area contributed by atoms with Gasteiger partial charge < -0.3 is 5.32 Å². The molecule has 102 valence electrons. The first-order valence-corrected chi connectivity index (χ1v) is 7.39. The van der Waals surface area contributed by atoms with Crippen LogP contribution in [0.1, 0.15) is 16.4 Å². The molecule has 0 spiro atoms. The molecule has 2 aromatic carbocycles. The molecule has 0 radical (unpaired) electrons. The third kappa shape index (κ3) is 2.85. The van der Waals surface area contributed by atoms with Crippen molar-refractivity contribution < 1.29 is 4.39 Å². The SMILES string of the molecule is Cc1ccc(F)cc1NC1=NCC(c2ccccc2)S1. The van der Waals surface area contributed by atoms with Gasteiger partial charge in [0.15, 0.2) is 5.17 Å². The predicted octanol–water partition coefficient (Wildman–Crippen LogP) is 4.39. The van der Waals surface area contributed by atoms with Crippen molar-refractivity contribution in [1.82, 2.24) is 0 Å². The number of nitrogens with one attached hydrogen (secondary N) is 1. The van der Waals surface area contributed by atoms with Crippen LogP contribution in [0.15, 0.2) is 53.5 Å². The van der Waals surface area contributed by atoms with Crippen LogP contribution in [0.2, 0.25) is 0 Å². The van der Waals surface area contributed by atoms with Gasteiger partial charge in [0, 0.05) is 5.69 Å². The lowest BCUT2D eigenvalue weighted by Gasteiger charge is -2.11. The molecule has 0 bridgehead atoms. The number of benzene rings is 2. The van der Waals surface area contributed by atoms with Crippen LogP contribution in [0, 0.1) is 12.7 Å². The molecule has 0 aliphatic carbocycles. The zero-order valence-corrected chi connectivity index (χ0v) is 12.0. The molecule has 1 N–H and O–H groups in total. The quantitative estimate of drug-likeness (QED) is 0.885. The summed E-state index contributed by atoms with van der Waals surface area (Å²) >= 11 is 1.69. The van der Waals surface area contributed by atoms with Gasteiger partial charge in [0.1, 0.15) is 5.82 Å². The molecule has 1 aliphatic rings. The smallest absolute Gasteiger partial charge is 0.161 e. The van der Waals surface area contributed by atoms with Crippen LogP contribution in [0.3, 0.4) is 0 Å². The van der Waals surface area contributed by atoms with Gasteiger partial charge >= 0.3 is 0 Å². The maximum Gasteiger partial charge on any atom is 0.161 e. The molecule has 0 saturated carbocycles. The number of amidine groups is 1. The Morgan fingerprint density at radius 3 is 2.80 bits per heavy atom. The Kier molecular flexibility index (Phi) is 3.74. The van der Waals surface area contributed by atoms with E-state index in [1.807, 2.05) is 25.1 Å². The topological polar surface area (TPSA) is 24.4 Å². The third-order valence-electron chi connectivity index (χ3n) is 3.27. The highest BCUT2D eigenvalue weighted by atomic mass is 32.2. The normalized spacial score (nSPS) is 17.9. The summed E-state index contributed by atoms with van der Waals surface area (Å²) < 4.78 is 13.3. The van der Waals surface area contributed by atoms with Gasteiger partial charge in [0.2, 0.25) is 0 Å². The molecule has 0 saturated heterocycles. The molecule has 1 unspecified atom stereocenters. The van der Waals surface area contributed by atoms with Crippen LogP contribution in [0.4, 0.5) is 10.1 Å². The maximum absolute atomic E-state index is 13.3. The summed E-state index contributed by atoms with van der Waals surface area (Å²) in [5.74, 6) is -0.235. The van der Waals surface area contributed by atoms with Crippen LogP contribution in [-0.2, 0) is 0 Å². The highest BCUT2D eigenvalue weighted by Crippen LogP contribution is 2.35. The van der Waals surface area contributed by atoms with Crippen molar-refractivity contribution in [3.05, 3.63) is 65.5 Å². The summed E-state index contributed by atoms with van der Waals surface area (Å²) in [6.45, 7) is 2.71. The predicted molar refractivity (Wildman–Crippen MR) is 83.8 cm³/mol. The van der Waals surface area contributed by atoms with E-state index in [0.717, 1.165) is 23.0 Å². The lowest BCUT2D eigenvalue weighted by atomic mass is 10.1. The number of nitrogens with zero attached hydrogens (tertiary/aromatic N) is 1. The lowest BCUT2D eigenvalue weighted by Crippen LogP contribution is -2.07. The van der Waals surface area contributed by atoms with Crippen molar-refractivity contribution in [3.8, 4) is 0 Å². The Hall–Kier alpha value is -1.81. The van der Waals surface area contributed by atoms with E-state index in [-0.39, 0.29) is 5.82 Å². The van der Waals surface area contributed by atoms with Crippen molar-refractivity contribution in [2.75, 3.05) is 11.9 Å². The van der Waals surface area contributed by atoms with E-state index >= 15 is 0 Å². The molecule has 4 heteroatoms. The number of halogens is 1. The average molecular weight is 286 g/mol. The van der Waals surface area contributed by atoms with Crippen molar-refractivity contribution in [1.29, 1.82) is 0 Å². The number of hydrogen-bond donors (Lipinski definition) is 1. The minimum atomic E-state index is -0.235.